The quantitative estimate of drug-likeness (QED) is 0.812. The minimum atomic E-state index is 0.367. The Morgan fingerprint density at radius 3 is 2.29 bits per heavy atom. The van der Waals surface area contributed by atoms with Crippen LogP contribution in [0.3, 0.4) is 0 Å². The third-order valence-electron chi connectivity index (χ3n) is 4.56. The highest BCUT2D eigenvalue weighted by atomic mass is 15.2. The smallest absolute Gasteiger partial charge is 0.0244 e. The lowest BCUT2D eigenvalue weighted by molar-refractivity contribution is 0.0761. The van der Waals surface area contributed by atoms with Gasteiger partial charge in [-0.2, -0.15) is 0 Å². The molecule has 1 heterocycles. The van der Waals surface area contributed by atoms with Gasteiger partial charge in [0.1, 0.15) is 0 Å². The molecule has 2 nitrogen and oxygen atoms in total. The molecule has 2 unspecified atom stereocenters. The predicted octanol–water partition coefficient (Wildman–Crippen LogP) is 3.13. The summed E-state index contributed by atoms with van der Waals surface area (Å²) in [4.78, 5) is 2.70. The third kappa shape index (κ3) is 3.96. The summed E-state index contributed by atoms with van der Waals surface area (Å²) in [6.07, 6.45) is 2.61. The van der Waals surface area contributed by atoms with Crippen LogP contribution >= 0.6 is 0 Å². The fraction of sp³-hybridized carbons (Fsp3) is 1.00. The van der Waals surface area contributed by atoms with E-state index in [2.05, 4.69) is 51.8 Å². The van der Waals surface area contributed by atoms with Crippen LogP contribution in [0.15, 0.2) is 0 Å². The molecule has 1 saturated heterocycles. The Labute approximate surface area is 108 Å². The molecule has 102 valence electrons. The summed E-state index contributed by atoms with van der Waals surface area (Å²) in [5, 5.41) is 3.68. The van der Waals surface area contributed by atoms with Crippen LogP contribution in [-0.2, 0) is 0 Å². The van der Waals surface area contributed by atoms with Gasteiger partial charge < -0.3 is 5.32 Å². The molecule has 0 radical (unpaired) electrons. The van der Waals surface area contributed by atoms with Gasteiger partial charge in [0.2, 0.25) is 0 Å². The maximum Gasteiger partial charge on any atom is 0.0244 e. The first kappa shape index (κ1) is 15.0. The Morgan fingerprint density at radius 1 is 1.24 bits per heavy atom. The number of piperazine rings is 1. The molecule has 0 amide bonds. The lowest BCUT2D eigenvalue weighted by atomic mass is 9.84. The number of nitrogens with zero attached hydrogens (tertiary/aromatic N) is 1. The Kier molecular flexibility index (Phi) is 5.46. The molecule has 1 fully saturated rings. The SMILES string of the molecule is CCC(CC)C(C)N1CCNC(C(C)(C)C)C1. The van der Waals surface area contributed by atoms with Crippen LogP contribution < -0.4 is 5.32 Å². The van der Waals surface area contributed by atoms with Gasteiger partial charge in [-0.25, -0.2) is 0 Å². The van der Waals surface area contributed by atoms with E-state index in [-0.39, 0.29) is 0 Å². The van der Waals surface area contributed by atoms with Crippen LogP contribution in [0.25, 0.3) is 0 Å². The number of nitrogens with one attached hydrogen (secondary N) is 1. The van der Waals surface area contributed by atoms with Crippen LogP contribution in [0.2, 0.25) is 0 Å². The lowest BCUT2D eigenvalue weighted by Crippen LogP contribution is -2.58. The minimum absolute atomic E-state index is 0.367. The molecule has 1 aliphatic rings. The number of hydrogen-bond acceptors (Lipinski definition) is 2. The monoisotopic (exact) mass is 240 g/mol. The average Bonchev–Trinajstić information content (AvgIpc) is 2.29. The van der Waals surface area contributed by atoms with Crippen LogP contribution in [0.1, 0.15) is 54.4 Å². The third-order valence-corrected chi connectivity index (χ3v) is 4.56. The second kappa shape index (κ2) is 6.19. The van der Waals surface area contributed by atoms with E-state index in [0.29, 0.717) is 11.5 Å². The Bertz CT molecular complexity index is 215. The summed E-state index contributed by atoms with van der Waals surface area (Å²) < 4.78 is 0. The van der Waals surface area contributed by atoms with Crippen molar-refractivity contribution in [2.24, 2.45) is 11.3 Å². The first-order chi connectivity index (χ1) is 7.90. The van der Waals surface area contributed by atoms with E-state index in [9.17, 15) is 0 Å². The molecule has 0 aromatic heterocycles. The highest BCUT2D eigenvalue weighted by Crippen LogP contribution is 2.25. The van der Waals surface area contributed by atoms with Crippen molar-refractivity contribution in [3.05, 3.63) is 0 Å². The molecule has 0 bridgehead atoms. The van der Waals surface area contributed by atoms with Gasteiger partial charge >= 0.3 is 0 Å². The molecule has 0 aliphatic carbocycles. The second-order valence-corrected chi connectivity index (χ2v) is 6.68. The molecule has 0 aromatic carbocycles. The molecule has 1 rings (SSSR count). The van der Waals surface area contributed by atoms with E-state index in [4.69, 9.17) is 0 Å². The van der Waals surface area contributed by atoms with Crippen molar-refractivity contribution in [2.45, 2.75) is 66.5 Å². The molecule has 1 aliphatic heterocycles. The maximum atomic E-state index is 3.68. The Balaban J connectivity index is 2.60. The Hall–Kier alpha value is -0.0800. The fourth-order valence-corrected chi connectivity index (χ4v) is 2.99. The summed E-state index contributed by atoms with van der Waals surface area (Å²) >= 11 is 0. The summed E-state index contributed by atoms with van der Waals surface area (Å²) in [5.74, 6) is 0.855. The van der Waals surface area contributed by atoms with E-state index >= 15 is 0 Å². The van der Waals surface area contributed by atoms with Crippen LogP contribution in [0.5, 0.6) is 0 Å². The van der Waals surface area contributed by atoms with Gasteiger partial charge in [-0.1, -0.05) is 47.5 Å². The lowest BCUT2D eigenvalue weighted by Gasteiger charge is -2.44. The summed E-state index contributed by atoms with van der Waals surface area (Å²) in [7, 11) is 0. The topological polar surface area (TPSA) is 15.3 Å². The molecule has 0 aromatic rings. The molecule has 0 saturated carbocycles. The van der Waals surface area contributed by atoms with Crippen LogP contribution in [0, 0.1) is 11.3 Å². The summed E-state index contributed by atoms with van der Waals surface area (Å²) in [6, 6.07) is 1.37. The van der Waals surface area contributed by atoms with Gasteiger partial charge in [0, 0.05) is 31.7 Å². The average molecular weight is 240 g/mol. The number of rotatable bonds is 4. The number of hydrogen-bond donors (Lipinski definition) is 1. The van der Waals surface area contributed by atoms with E-state index in [1.807, 2.05) is 0 Å². The van der Waals surface area contributed by atoms with Gasteiger partial charge in [-0.15, -0.1) is 0 Å². The molecular formula is C15H32N2. The van der Waals surface area contributed by atoms with E-state index < -0.39 is 0 Å². The predicted molar refractivity (Wildman–Crippen MR) is 76.4 cm³/mol. The van der Waals surface area contributed by atoms with Crippen molar-refractivity contribution in [1.82, 2.24) is 10.2 Å². The van der Waals surface area contributed by atoms with Gasteiger partial charge in [0.25, 0.3) is 0 Å². The van der Waals surface area contributed by atoms with Gasteiger partial charge in [0.15, 0.2) is 0 Å². The fourth-order valence-electron chi connectivity index (χ4n) is 2.99. The minimum Gasteiger partial charge on any atom is -0.311 e. The summed E-state index contributed by atoms with van der Waals surface area (Å²) in [6.45, 7) is 17.7. The largest absolute Gasteiger partial charge is 0.311 e. The first-order valence-corrected chi connectivity index (χ1v) is 7.37. The zero-order valence-corrected chi connectivity index (χ0v) is 12.7. The van der Waals surface area contributed by atoms with Crippen molar-refractivity contribution in [1.29, 1.82) is 0 Å². The molecule has 0 spiro atoms. The zero-order chi connectivity index (χ0) is 13.1. The maximum absolute atomic E-state index is 3.68. The highest BCUT2D eigenvalue weighted by Gasteiger charge is 2.32. The molecule has 17 heavy (non-hydrogen) atoms. The van der Waals surface area contributed by atoms with Crippen molar-refractivity contribution in [3.63, 3.8) is 0 Å². The first-order valence-electron chi connectivity index (χ1n) is 7.37. The molecule has 2 heteroatoms. The van der Waals surface area contributed by atoms with E-state index in [1.165, 1.54) is 25.9 Å². The van der Waals surface area contributed by atoms with Crippen molar-refractivity contribution in [2.75, 3.05) is 19.6 Å². The van der Waals surface area contributed by atoms with Crippen LogP contribution in [-0.4, -0.2) is 36.6 Å². The van der Waals surface area contributed by atoms with Gasteiger partial charge in [-0.3, -0.25) is 4.90 Å². The molecular weight excluding hydrogens is 208 g/mol. The van der Waals surface area contributed by atoms with Crippen LogP contribution in [0.4, 0.5) is 0 Å². The summed E-state index contributed by atoms with van der Waals surface area (Å²) in [5.41, 5.74) is 0.367. The van der Waals surface area contributed by atoms with Gasteiger partial charge in [-0.05, 0) is 18.3 Å². The second-order valence-electron chi connectivity index (χ2n) is 6.68. The van der Waals surface area contributed by atoms with E-state index in [1.54, 1.807) is 0 Å². The van der Waals surface area contributed by atoms with Crippen molar-refractivity contribution in [3.8, 4) is 0 Å². The van der Waals surface area contributed by atoms with Crippen molar-refractivity contribution < 1.29 is 0 Å². The molecule has 1 N–H and O–H groups in total. The van der Waals surface area contributed by atoms with E-state index in [0.717, 1.165) is 18.5 Å². The van der Waals surface area contributed by atoms with Gasteiger partial charge in [0.05, 0.1) is 0 Å². The Morgan fingerprint density at radius 2 is 1.82 bits per heavy atom. The standard InChI is InChI=1S/C15H32N2/c1-7-13(8-2)12(3)17-10-9-16-14(11-17)15(4,5)6/h12-14,16H,7-11H2,1-6H3. The highest BCUT2D eigenvalue weighted by molar-refractivity contribution is 4.89. The zero-order valence-electron chi connectivity index (χ0n) is 12.7. The molecule has 2 atom stereocenters. The van der Waals surface area contributed by atoms with Crippen molar-refractivity contribution >= 4 is 0 Å². The normalized spacial score (nSPS) is 25.2.